The Morgan fingerprint density at radius 3 is 2.81 bits per heavy atom. The molecule has 5 heteroatoms. The number of hydrogen-bond acceptors (Lipinski definition) is 2. The first-order valence-electron chi connectivity index (χ1n) is 7.82. The summed E-state index contributed by atoms with van der Waals surface area (Å²) in [5, 5.41) is 7.62. The second-order valence-corrected chi connectivity index (χ2v) is 6.84. The Kier molecular flexibility index (Phi) is 6.11. The van der Waals surface area contributed by atoms with Gasteiger partial charge in [-0.15, -0.1) is 0 Å². The summed E-state index contributed by atoms with van der Waals surface area (Å²) in [5.74, 6) is -0.971. The van der Waals surface area contributed by atoms with Crippen molar-refractivity contribution in [2.45, 2.75) is 57.7 Å². The fraction of sp³-hybridized carbons (Fsp3) is 0.750. The van der Waals surface area contributed by atoms with E-state index in [-0.39, 0.29) is 18.4 Å². The maximum absolute atomic E-state index is 13.0. The van der Waals surface area contributed by atoms with Gasteiger partial charge in [-0.1, -0.05) is 13.3 Å². The van der Waals surface area contributed by atoms with Gasteiger partial charge in [-0.25, -0.2) is 0 Å². The van der Waals surface area contributed by atoms with Gasteiger partial charge in [0.2, 0.25) is 0 Å². The lowest BCUT2D eigenvalue weighted by molar-refractivity contribution is -0.186. The number of alkyl halides is 3. The predicted octanol–water partition coefficient (Wildman–Crippen LogP) is 5.03. The van der Waals surface area contributed by atoms with Crippen molar-refractivity contribution in [3.8, 4) is 0 Å². The Morgan fingerprint density at radius 1 is 1.38 bits per heavy atom. The largest absolute Gasteiger partial charge is 0.391 e. The molecule has 1 nitrogen and oxygen atoms in total. The van der Waals surface area contributed by atoms with Crippen LogP contribution in [-0.2, 0) is 6.42 Å². The van der Waals surface area contributed by atoms with Gasteiger partial charge in [0, 0.05) is 6.04 Å². The summed E-state index contributed by atoms with van der Waals surface area (Å²) in [5.41, 5.74) is 1.24. The van der Waals surface area contributed by atoms with Gasteiger partial charge in [-0.3, -0.25) is 0 Å². The molecule has 120 valence electrons. The number of thiophene rings is 1. The summed E-state index contributed by atoms with van der Waals surface area (Å²) in [6.45, 7) is 2.97. The van der Waals surface area contributed by atoms with E-state index in [9.17, 15) is 13.2 Å². The normalized spacial score (nSPS) is 25.0. The summed E-state index contributed by atoms with van der Waals surface area (Å²) in [7, 11) is 0. The zero-order valence-electron chi connectivity index (χ0n) is 12.5. The van der Waals surface area contributed by atoms with Gasteiger partial charge in [0.15, 0.2) is 0 Å². The molecule has 1 aromatic heterocycles. The zero-order chi connectivity index (χ0) is 15.3. The lowest BCUT2D eigenvalue weighted by Crippen LogP contribution is -2.42. The van der Waals surface area contributed by atoms with Crippen LogP contribution in [0.15, 0.2) is 16.8 Å². The van der Waals surface area contributed by atoms with E-state index in [1.165, 1.54) is 5.56 Å². The highest BCUT2D eigenvalue weighted by Crippen LogP contribution is 2.41. The standard InChI is InChI=1S/C16H24F3NS/c1-2-7-20-15(9-12-6-8-21-11-12)13-4-3-5-14(10-13)16(17,18)19/h6,8,11,13-15,20H,2-5,7,9-10H2,1H3. The van der Waals surface area contributed by atoms with Crippen LogP contribution < -0.4 is 5.32 Å². The number of halogens is 3. The molecular weight excluding hydrogens is 295 g/mol. The predicted molar refractivity (Wildman–Crippen MR) is 81.6 cm³/mol. The summed E-state index contributed by atoms with van der Waals surface area (Å²) >= 11 is 1.65. The molecule has 0 bridgehead atoms. The molecule has 0 radical (unpaired) electrons. The van der Waals surface area contributed by atoms with Crippen LogP contribution in [-0.4, -0.2) is 18.8 Å². The molecule has 1 aliphatic rings. The van der Waals surface area contributed by atoms with Crippen molar-refractivity contribution in [2.75, 3.05) is 6.54 Å². The molecule has 1 heterocycles. The Labute approximate surface area is 128 Å². The second-order valence-electron chi connectivity index (χ2n) is 6.06. The SMILES string of the molecule is CCCNC(Cc1ccsc1)C1CCCC(C(F)(F)F)C1. The minimum absolute atomic E-state index is 0.136. The van der Waals surface area contributed by atoms with Crippen LogP contribution >= 0.6 is 11.3 Å². The molecule has 0 aromatic carbocycles. The fourth-order valence-corrected chi connectivity index (χ4v) is 3.97. The van der Waals surface area contributed by atoms with Crippen LogP contribution in [0, 0.1) is 11.8 Å². The molecule has 0 aliphatic heterocycles. The van der Waals surface area contributed by atoms with Crippen molar-refractivity contribution in [1.29, 1.82) is 0 Å². The minimum Gasteiger partial charge on any atom is -0.313 e. The average molecular weight is 319 g/mol. The van der Waals surface area contributed by atoms with E-state index in [0.717, 1.165) is 25.8 Å². The highest BCUT2D eigenvalue weighted by Gasteiger charge is 2.43. The summed E-state index contributed by atoms with van der Waals surface area (Å²) in [4.78, 5) is 0. The third-order valence-corrected chi connectivity index (χ3v) is 5.17. The smallest absolute Gasteiger partial charge is 0.313 e. The minimum atomic E-state index is -4.03. The Balaban J connectivity index is 2.01. The molecule has 2 rings (SSSR count). The van der Waals surface area contributed by atoms with E-state index < -0.39 is 12.1 Å². The van der Waals surface area contributed by atoms with Crippen LogP contribution in [0.4, 0.5) is 13.2 Å². The molecule has 1 aromatic rings. The molecule has 1 saturated carbocycles. The van der Waals surface area contributed by atoms with Crippen molar-refractivity contribution in [3.63, 3.8) is 0 Å². The average Bonchev–Trinajstić information content (AvgIpc) is 2.95. The lowest BCUT2D eigenvalue weighted by Gasteiger charge is -2.36. The molecule has 3 unspecified atom stereocenters. The molecule has 0 saturated heterocycles. The van der Waals surface area contributed by atoms with E-state index in [1.54, 1.807) is 11.3 Å². The van der Waals surface area contributed by atoms with E-state index >= 15 is 0 Å². The van der Waals surface area contributed by atoms with E-state index in [0.29, 0.717) is 12.8 Å². The molecule has 0 spiro atoms. The molecular formula is C16H24F3NS. The van der Waals surface area contributed by atoms with Crippen LogP contribution in [0.2, 0.25) is 0 Å². The Bertz CT molecular complexity index is 402. The van der Waals surface area contributed by atoms with Crippen molar-refractivity contribution < 1.29 is 13.2 Å². The van der Waals surface area contributed by atoms with Crippen LogP contribution in [0.25, 0.3) is 0 Å². The Morgan fingerprint density at radius 2 is 2.19 bits per heavy atom. The quantitative estimate of drug-likeness (QED) is 0.775. The second kappa shape index (κ2) is 7.63. The van der Waals surface area contributed by atoms with Gasteiger partial charge >= 0.3 is 6.18 Å². The van der Waals surface area contributed by atoms with Crippen LogP contribution in [0.5, 0.6) is 0 Å². The molecule has 3 atom stereocenters. The third-order valence-electron chi connectivity index (χ3n) is 4.44. The molecule has 1 N–H and O–H groups in total. The lowest BCUT2D eigenvalue weighted by atomic mass is 9.76. The van der Waals surface area contributed by atoms with Crippen molar-refractivity contribution in [3.05, 3.63) is 22.4 Å². The maximum Gasteiger partial charge on any atom is 0.391 e. The maximum atomic E-state index is 13.0. The van der Waals surface area contributed by atoms with Gasteiger partial charge in [0.05, 0.1) is 5.92 Å². The first-order valence-corrected chi connectivity index (χ1v) is 8.76. The first kappa shape index (κ1) is 16.8. The zero-order valence-corrected chi connectivity index (χ0v) is 13.3. The van der Waals surface area contributed by atoms with Gasteiger partial charge in [-0.05, 0) is 67.0 Å². The Hall–Kier alpha value is -0.550. The molecule has 21 heavy (non-hydrogen) atoms. The molecule has 1 fully saturated rings. The van der Waals surface area contributed by atoms with Crippen molar-refractivity contribution >= 4 is 11.3 Å². The molecule has 0 amide bonds. The van der Waals surface area contributed by atoms with Crippen molar-refractivity contribution in [2.24, 2.45) is 11.8 Å². The van der Waals surface area contributed by atoms with Crippen LogP contribution in [0.3, 0.4) is 0 Å². The van der Waals surface area contributed by atoms with Gasteiger partial charge in [0.1, 0.15) is 0 Å². The monoisotopic (exact) mass is 319 g/mol. The van der Waals surface area contributed by atoms with Crippen LogP contribution in [0.1, 0.15) is 44.6 Å². The fourth-order valence-electron chi connectivity index (χ4n) is 3.29. The number of nitrogens with one attached hydrogen (secondary N) is 1. The third kappa shape index (κ3) is 4.99. The number of hydrogen-bond donors (Lipinski definition) is 1. The van der Waals surface area contributed by atoms with Gasteiger partial charge < -0.3 is 5.32 Å². The van der Waals surface area contributed by atoms with E-state index in [2.05, 4.69) is 23.7 Å². The summed E-state index contributed by atoms with van der Waals surface area (Å²) in [6.07, 6.45) is 0.0273. The topological polar surface area (TPSA) is 12.0 Å². The molecule has 1 aliphatic carbocycles. The summed E-state index contributed by atoms with van der Waals surface area (Å²) < 4.78 is 39.0. The van der Waals surface area contributed by atoms with Crippen molar-refractivity contribution in [1.82, 2.24) is 5.32 Å². The van der Waals surface area contributed by atoms with E-state index in [1.807, 2.05) is 5.38 Å². The highest BCUT2D eigenvalue weighted by atomic mass is 32.1. The van der Waals surface area contributed by atoms with E-state index in [4.69, 9.17) is 0 Å². The number of rotatable bonds is 6. The highest BCUT2D eigenvalue weighted by molar-refractivity contribution is 7.07. The first-order chi connectivity index (χ1) is 10.0. The summed E-state index contributed by atoms with van der Waals surface area (Å²) in [6, 6.07) is 2.25. The van der Waals surface area contributed by atoms with Gasteiger partial charge in [0.25, 0.3) is 0 Å². The van der Waals surface area contributed by atoms with Gasteiger partial charge in [-0.2, -0.15) is 24.5 Å².